The normalized spacial score (nSPS) is 14.5. The molecule has 1 heterocycles. The summed E-state index contributed by atoms with van der Waals surface area (Å²) < 4.78 is 11.2. The van der Waals surface area contributed by atoms with Crippen LogP contribution in [-0.2, 0) is 9.47 Å². The Morgan fingerprint density at radius 2 is 1.97 bits per heavy atom. The summed E-state index contributed by atoms with van der Waals surface area (Å²) in [4.78, 5) is 19.1. The highest BCUT2D eigenvalue weighted by Crippen LogP contribution is 2.24. The van der Waals surface area contributed by atoms with Gasteiger partial charge in [-0.1, -0.05) is 31.4 Å². The second-order valence-corrected chi connectivity index (χ2v) is 8.16. The van der Waals surface area contributed by atoms with Gasteiger partial charge in [0.15, 0.2) is 11.5 Å². The number of primary amides is 1. The number of amides is 1. The molecule has 1 atom stereocenters. The molecule has 0 aliphatic rings. The molecule has 1 unspecified atom stereocenters. The molecule has 7 nitrogen and oxygen atoms in total. The number of H-pyrrole nitrogens is 1. The molecule has 1 aromatic carbocycles. The highest BCUT2D eigenvalue weighted by molar-refractivity contribution is 9.11. The van der Waals surface area contributed by atoms with Crippen molar-refractivity contribution in [2.24, 2.45) is 5.73 Å². The molecule has 4 N–H and O–H groups in total. The van der Waals surface area contributed by atoms with Gasteiger partial charge in [-0.15, -0.1) is 0 Å². The van der Waals surface area contributed by atoms with E-state index in [9.17, 15) is 9.90 Å². The number of fused-ring (bicyclic) bond motifs is 1. The van der Waals surface area contributed by atoms with Gasteiger partial charge < -0.3 is 25.3 Å². The summed E-state index contributed by atoms with van der Waals surface area (Å²) in [7, 11) is 3.02. The van der Waals surface area contributed by atoms with Crippen LogP contribution in [0.25, 0.3) is 16.6 Å². The summed E-state index contributed by atoms with van der Waals surface area (Å²) in [5.74, 6) is 0.982. The van der Waals surface area contributed by atoms with E-state index in [4.69, 9.17) is 15.2 Å². The summed E-state index contributed by atoms with van der Waals surface area (Å²) in [6.07, 6.45) is 5.93. The number of carbonyl (C=O) groups is 1. The van der Waals surface area contributed by atoms with Crippen LogP contribution in [-0.4, -0.2) is 41.3 Å². The Balaban J connectivity index is 2.35. The first-order valence-electron chi connectivity index (χ1n) is 9.97. The largest absolute Gasteiger partial charge is 0.493 e. The molecule has 2 rings (SSSR count). The number of allylic oxidation sites excluding steroid dienone is 5. The zero-order chi connectivity index (χ0) is 24.7. The highest BCUT2D eigenvalue weighted by atomic mass is 79.9. The molecule has 0 saturated heterocycles. The number of nitrogens with two attached hydrogens (primary N) is 1. The molecule has 174 valence electrons. The second kappa shape index (κ2) is 11.5. The van der Waals surface area contributed by atoms with Crippen molar-refractivity contribution < 1.29 is 19.4 Å². The number of aliphatic hydroxyl groups excluding tert-OH is 1. The van der Waals surface area contributed by atoms with Crippen LogP contribution in [0.15, 0.2) is 82.8 Å². The van der Waals surface area contributed by atoms with E-state index >= 15 is 0 Å². The number of carbonyl (C=O) groups excluding carboxylic acids is 1. The van der Waals surface area contributed by atoms with E-state index in [1.165, 1.54) is 14.2 Å². The summed E-state index contributed by atoms with van der Waals surface area (Å²) in [5.41, 5.74) is 9.21. The number of hydrogen-bond donors (Lipinski definition) is 3. The number of hydrogen-bond acceptors (Lipinski definition) is 5. The molecule has 0 bridgehead atoms. The van der Waals surface area contributed by atoms with Crippen LogP contribution in [0.3, 0.4) is 0 Å². The van der Waals surface area contributed by atoms with E-state index in [-0.39, 0.29) is 0 Å². The van der Waals surface area contributed by atoms with Gasteiger partial charge in [0.2, 0.25) is 5.91 Å². The molecule has 1 amide bonds. The highest BCUT2D eigenvalue weighted by Gasteiger charge is 2.14. The number of methoxy groups -OCH3 is 2. The summed E-state index contributed by atoms with van der Waals surface area (Å²) in [6.45, 7) is 11.3. The van der Waals surface area contributed by atoms with E-state index in [1.807, 2.05) is 13.0 Å². The van der Waals surface area contributed by atoms with Crippen molar-refractivity contribution in [3.8, 4) is 0 Å². The van der Waals surface area contributed by atoms with Crippen molar-refractivity contribution in [2.75, 3.05) is 14.2 Å². The van der Waals surface area contributed by atoms with Gasteiger partial charge in [0.25, 0.3) is 0 Å². The second-order valence-electron chi connectivity index (χ2n) is 7.20. The van der Waals surface area contributed by atoms with Crippen LogP contribution in [0.1, 0.15) is 30.0 Å². The maximum Gasteiger partial charge on any atom is 0.248 e. The number of aliphatic hydroxyl groups is 1. The number of aromatic amines is 1. The van der Waals surface area contributed by atoms with Gasteiger partial charge in [-0.3, -0.25) is 4.79 Å². The number of rotatable bonds is 10. The topological polar surface area (TPSA) is 110 Å². The number of imidazole rings is 1. The van der Waals surface area contributed by atoms with E-state index < -0.39 is 12.0 Å². The van der Waals surface area contributed by atoms with Crippen molar-refractivity contribution in [1.29, 1.82) is 0 Å². The third-order valence-corrected chi connectivity index (χ3v) is 5.26. The Labute approximate surface area is 201 Å². The molecule has 0 spiro atoms. The fraction of sp³-hybridized carbons (Fsp3) is 0.200. The number of halogens is 1. The SMILES string of the molecule is C=C/C(=C\C=C(/C)c1nc2ccc(C(N)=O)cc2[nH]1)C(O)/C(C)=C/C(OC)=C(/OC)C(=C)Br. The molecule has 2 aromatic rings. The molecule has 33 heavy (non-hydrogen) atoms. The van der Waals surface area contributed by atoms with Gasteiger partial charge in [-0.25, -0.2) is 4.98 Å². The summed E-state index contributed by atoms with van der Waals surface area (Å²) >= 11 is 3.28. The zero-order valence-electron chi connectivity index (χ0n) is 19.1. The average molecular weight is 514 g/mol. The Kier molecular flexibility index (Phi) is 9.02. The van der Waals surface area contributed by atoms with Gasteiger partial charge >= 0.3 is 0 Å². The van der Waals surface area contributed by atoms with Gasteiger partial charge in [-0.05, 0) is 70.8 Å². The van der Waals surface area contributed by atoms with Gasteiger partial charge in [-0.2, -0.15) is 0 Å². The molecule has 0 aliphatic carbocycles. The van der Waals surface area contributed by atoms with E-state index in [0.29, 0.717) is 44.1 Å². The Hall–Kier alpha value is -3.36. The van der Waals surface area contributed by atoms with Gasteiger partial charge in [0, 0.05) is 5.56 Å². The van der Waals surface area contributed by atoms with Crippen LogP contribution in [0.4, 0.5) is 0 Å². The number of ether oxygens (including phenoxy) is 2. The minimum absolute atomic E-state index is 0.406. The quantitative estimate of drug-likeness (QED) is 0.309. The van der Waals surface area contributed by atoms with Crippen molar-refractivity contribution in [1.82, 2.24) is 9.97 Å². The maximum absolute atomic E-state index is 11.4. The number of nitrogens with zero attached hydrogens (tertiary/aromatic N) is 1. The monoisotopic (exact) mass is 513 g/mol. The van der Waals surface area contributed by atoms with Crippen LogP contribution in [0.2, 0.25) is 0 Å². The third kappa shape index (κ3) is 6.34. The van der Waals surface area contributed by atoms with E-state index in [0.717, 1.165) is 11.1 Å². The molecule has 0 saturated carbocycles. The fourth-order valence-corrected chi connectivity index (χ4v) is 3.39. The first-order valence-corrected chi connectivity index (χ1v) is 10.8. The number of benzene rings is 1. The standard InChI is InChI=1S/C25H28BrN3O4/c1-7-17(22(30)15(3)12-21(32-5)23(33-6)16(4)26)9-8-14(2)25-28-19-11-10-18(24(27)31)13-20(19)29-25/h7-13,22,30H,1,4H2,2-3,5-6H3,(H2,27,31)(H,28,29)/b14-8+,15-12+,17-9+,23-21-. The summed E-state index contributed by atoms with van der Waals surface area (Å²) in [6, 6.07) is 5.04. The van der Waals surface area contributed by atoms with E-state index in [1.54, 1.807) is 43.4 Å². The minimum Gasteiger partial charge on any atom is -0.493 e. The van der Waals surface area contributed by atoms with Crippen molar-refractivity contribution >= 4 is 38.4 Å². The molecular formula is C25H28BrN3O4. The van der Waals surface area contributed by atoms with Crippen LogP contribution in [0.5, 0.6) is 0 Å². The lowest BCUT2D eigenvalue weighted by atomic mass is 10.0. The predicted molar refractivity (Wildman–Crippen MR) is 135 cm³/mol. The van der Waals surface area contributed by atoms with Crippen LogP contribution >= 0.6 is 15.9 Å². The Morgan fingerprint density at radius 1 is 1.27 bits per heavy atom. The Bertz CT molecular complexity index is 1200. The number of nitrogens with one attached hydrogen (secondary N) is 1. The first-order chi connectivity index (χ1) is 15.6. The number of aromatic nitrogens is 2. The zero-order valence-corrected chi connectivity index (χ0v) is 20.7. The Morgan fingerprint density at radius 3 is 2.52 bits per heavy atom. The van der Waals surface area contributed by atoms with Gasteiger partial charge in [0.05, 0.1) is 29.7 Å². The van der Waals surface area contributed by atoms with Gasteiger partial charge in [0.1, 0.15) is 11.9 Å². The summed E-state index contributed by atoms with van der Waals surface area (Å²) in [5, 5.41) is 10.8. The molecule has 0 fully saturated rings. The molecule has 0 aliphatic heterocycles. The molecule has 0 radical (unpaired) electrons. The third-order valence-electron chi connectivity index (χ3n) is 4.90. The predicted octanol–water partition coefficient (Wildman–Crippen LogP) is 4.90. The van der Waals surface area contributed by atoms with Crippen molar-refractivity contribution in [2.45, 2.75) is 20.0 Å². The van der Waals surface area contributed by atoms with Crippen LogP contribution < -0.4 is 5.73 Å². The lowest BCUT2D eigenvalue weighted by Crippen LogP contribution is -2.11. The van der Waals surface area contributed by atoms with E-state index in [2.05, 4.69) is 39.1 Å². The smallest absolute Gasteiger partial charge is 0.248 e. The molecule has 1 aromatic heterocycles. The maximum atomic E-state index is 11.4. The average Bonchev–Trinajstić information content (AvgIpc) is 3.22. The van der Waals surface area contributed by atoms with Crippen LogP contribution in [0, 0.1) is 0 Å². The molecular weight excluding hydrogens is 486 g/mol. The first kappa shape index (κ1) is 25.9. The fourth-order valence-electron chi connectivity index (χ4n) is 3.03. The van der Waals surface area contributed by atoms with Crippen molar-refractivity contribution in [3.05, 3.63) is 94.2 Å². The molecule has 8 heteroatoms. The lowest BCUT2D eigenvalue weighted by Gasteiger charge is -2.15. The van der Waals surface area contributed by atoms with Crippen molar-refractivity contribution in [3.63, 3.8) is 0 Å². The lowest BCUT2D eigenvalue weighted by molar-refractivity contribution is 0.100. The minimum atomic E-state index is -0.924.